The number of nitrogens with two attached hydrogens (primary N) is 2. The smallest absolute Gasteiger partial charge is 0.211 e. The third kappa shape index (κ3) is 2.52. The van der Waals surface area contributed by atoms with Gasteiger partial charge in [-0.3, -0.25) is 0 Å². The van der Waals surface area contributed by atoms with Crippen molar-refractivity contribution in [3.05, 3.63) is 42.2 Å². The van der Waals surface area contributed by atoms with Crippen LogP contribution < -0.4 is 11.5 Å². The van der Waals surface area contributed by atoms with E-state index in [1.165, 1.54) is 6.21 Å². The first-order valence-electron chi connectivity index (χ1n) is 5.80. The van der Waals surface area contributed by atoms with Gasteiger partial charge in [-0.2, -0.15) is 5.10 Å². The molecule has 2 heterocycles. The van der Waals surface area contributed by atoms with Gasteiger partial charge in [-0.05, 0) is 24.3 Å². The average Bonchev–Trinajstić information content (AvgIpc) is 3.03. The molecule has 4 N–H and O–H groups in total. The number of aromatic nitrogens is 1. The molecule has 0 fully saturated rings. The SMILES string of the molecule is NC(N)=NN=Cc1ccc(-c2nc3ccccc3s2)o1. The van der Waals surface area contributed by atoms with Crippen LogP contribution in [0.4, 0.5) is 0 Å². The number of guanidine groups is 1. The lowest BCUT2D eigenvalue weighted by molar-refractivity contribution is 0.574. The molecule has 0 aliphatic carbocycles. The molecule has 0 atom stereocenters. The molecule has 0 amide bonds. The van der Waals surface area contributed by atoms with Crippen LogP contribution in [0.15, 0.2) is 51.0 Å². The fourth-order valence-electron chi connectivity index (χ4n) is 1.67. The number of fused-ring (bicyclic) bond motifs is 1. The highest BCUT2D eigenvalue weighted by atomic mass is 32.1. The van der Waals surface area contributed by atoms with Crippen molar-refractivity contribution in [2.24, 2.45) is 21.7 Å². The van der Waals surface area contributed by atoms with Crippen molar-refractivity contribution in [1.29, 1.82) is 0 Å². The standard InChI is InChI=1S/C13H11N5OS/c14-13(15)18-16-7-8-5-6-10(19-8)12-17-9-3-1-2-4-11(9)20-12/h1-7H,(H4,14,15,18). The highest BCUT2D eigenvalue weighted by Crippen LogP contribution is 2.30. The Morgan fingerprint density at radius 1 is 1.20 bits per heavy atom. The Morgan fingerprint density at radius 3 is 2.85 bits per heavy atom. The van der Waals surface area contributed by atoms with Crippen LogP contribution in [0.1, 0.15) is 5.76 Å². The van der Waals surface area contributed by atoms with E-state index in [2.05, 4.69) is 15.2 Å². The van der Waals surface area contributed by atoms with Gasteiger partial charge in [0.15, 0.2) is 10.8 Å². The molecule has 0 unspecified atom stereocenters. The van der Waals surface area contributed by atoms with E-state index in [1.807, 2.05) is 30.3 Å². The Bertz CT molecular complexity index is 765. The highest BCUT2D eigenvalue weighted by molar-refractivity contribution is 7.21. The minimum atomic E-state index is -0.0980. The summed E-state index contributed by atoms with van der Waals surface area (Å²) in [5.74, 6) is 1.15. The summed E-state index contributed by atoms with van der Waals surface area (Å²) in [6.45, 7) is 0. The maximum atomic E-state index is 5.63. The first-order valence-corrected chi connectivity index (χ1v) is 6.62. The van der Waals surface area contributed by atoms with Crippen molar-refractivity contribution in [3.63, 3.8) is 0 Å². The quantitative estimate of drug-likeness (QED) is 0.437. The number of hydrogen-bond donors (Lipinski definition) is 2. The first-order chi connectivity index (χ1) is 9.72. The van der Waals surface area contributed by atoms with E-state index in [9.17, 15) is 0 Å². The van der Waals surface area contributed by atoms with Crippen LogP contribution in [-0.4, -0.2) is 17.2 Å². The lowest BCUT2D eigenvalue weighted by atomic mass is 10.3. The highest BCUT2D eigenvalue weighted by Gasteiger charge is 2.09. The molecule has 100 valence electrons. The van der Waals surface area contributed by atoms with Crippen LogP contribution in [0.25, 0.3) is 21.0 Å². The van der Waals surface area contributed by atoms with E-state index in [4.69, 9.17) is 15.9 Å². The Hall–Kier alpha value is -2.67. The molecule has 6 nitrogen and oxygen atoms in total. The summed E-state index contributed by atoms with van der Waals surface area (Å²) in [4.78, 5) is 4.52. The number of hydrogen-bond acceptors (Lipinski definition) is 5. The van der Waals surface area contributed by atoms with E-state index < -0.39 is 0 Å². The molecule has 3 aromatic rings. The lowest BCUT2D eigenvalue weighted by Gasteiger charge is -1.87. The van der Waals surface area contributed by atoms with Crippen LogP contribution in [-0.2, 0) is 0 Å². The molecule has 0 saturated carbocycles. The zero-order valence-corrected chi connectivity index (χ0v) is 11.2. The predicted octanol–water partition coefficient (Wildman–Crippen LogP) is 2.16. The van der Waals surface area contributed by atoms with Crippen molar-refractivity contribution in [2.45, 2.75) is 0 Å². The van der Waals surface area contributed by atoms with Crippen molar-refractivity contribution in [1.82, 2.24) is 4.98 Å². The van der Waals surface area contributed by atoms with Gasteiger partial charge in [0.1, 0.15) is 5.76 Å². The lowest BCUT2D eigenvalue weighted by Crippen LogP contribution is -2.21. The van der Waals surface area contributed by atoms with Crippen LogP contribution >= 0.6 is 11.3 Å². The molecular weight excluding hydrogens is 274 g/mol. The van der Waals surface area contributed by atoms with Crippen molar-refractivity contribution in [2.75, 3.05) is 0 Å². The summed E-state index contributed by atoms with van der Waals surface area (Å²) in [6.07, 6.45) is 1.44. The Morgan fingerprint density at radius 2 is 2.05 bits per heavy atom. The van der Waals surface area contributed by atoms with Gasteiger partial charge in [0, 0.05) is 0 Å². The van der Waals surface area contributed by atoms with Gasteiger partial charge < -0.3 is 15.9 Å². The first kappa shape index (κ1) is 12.4. The van der Waals surface area contributed by atoms with Crippen LogP contribution in [0, 0.1) is 0 Å². The molecular formula is C13H11N5OS. The summed E-state index contributed by atoms with van der Waals surface area (Å²) in [6, 6.07) is 11.6. The Labute approximate surface area is 118 Å². The van der Waals surface area contributed by atoms with Gasteiger partial charge in [-0.1, -0.05) is 12.1 Å². The molecule has 3 rings (SSSR count). The summed E-state index contributed by atoms with van der Waals surface area (Å²) in [5, 5.41) is 8.02. The number of thiazole rings is 1. The predicted molar refractivity (Wildman–Crippen MR) is 80.7 cm³/mol. The fourth-order valence-corrected chi connectivity index (χ4v) is 2.59. The van der Waals surface area contributed by atoms with Gasteiger partial charge in [0.25, 0.3) is 0 Å². The van der Waals surface area contributed by atoms with Gasteiger partial charge >= 0.3 is 0 Å². The molecule has 0 aliphatic rings. The molecule has 2 aromatic heterocycles. The van der Waals surface area contributed by atoms with E-state index in [0.29, 0.717) is 11.5 Å². The summed E-state index contributed by atoms with van der Waals surface area (Å²) in [5.41, 5.74) is 11.3. The molecule has 1 aromatic carbocycles. The monoisotopic (exact) mass is 285 g/mol. The minimum Gasteiger partial charge on any atom is -0.453 e. The van der Waals surface area contributed by atoms with Crippen LogP contribution in [0.5, 0.6) is 0 Å². The van der Waals surface area contributed by atoms with Crippen LogP contribution in [0.2, 0.25) is 0 Å². The molecule has 0 spiro atoms. The topological polar surface area (TPSA) is 103 Å². The zero-order valence-electron chi connectivity index (χ0n) is 10.4. The molecule has 20 heavy (non-hydrogen) atoms. The van der Waals surface area contributed by atoms with Crippen LogP contribution in [0.3, 0.4) is 0 Å². The van der Waals surface area contributed by atoms with E-state index in [0.717, 1.165) is 15.2 Å². The maximum Gasteiger partial charge on any atom is 0.211 e. The summed E-state index contributed by atoms with van der Waals surface area (Å²) < 4.78 is 6.75. The van der Waals surface area contributed by atoms with Gasteiger partial charge in [-0.15, -0.1) is 16.4 Å². The number of rotatable bonds is 3. The minimum absolute atomic E-state index is 0.0980. The normalized spacial score (nSPS) is 11.2. The molecule has 0 radical (unpaired) electrons. The largest absolute Gasteiger partial charge is 0.453 e. The maximum absolute atomic E-state index is 5.63. The van der Waals surface area contributed by atoms with E-state index in [-0.39, 0.29) is 5.96 Å². The zero-order chi connectivity index (χ0) is 13.9. The number of nitrogens with zero attached hydrogens (tertiary/aromatic N) is 3. The van der Waals surface area contributed by atoms with Gasteiger partial charge in [-0.25, -0.2) is 4.98 Å². The Balaban J connectivity index is 1.89. The number of para-hydroxylation sites is 1. The second-order valence-corrected chi connectivity index (χ2v) is 4.99. The number of benzene rings is 1. The third-order valence-corrected chi connectivity index (χ3v) is 3.54. The fraction of sp³-hybridized carbons (Fsp3) is 0. The van der Waals surface area contributed by atoms with E-state index in [1.54, 1.807) is 17.4 Å². The Kier molecular flexibility index (Phi) is 3.18. The summed E-state index contributed by atoms with van der Waals surface area (Å²) in [7, 11) is 0. The second-order valence-electron chi connectivity index (χ2n) is 3.96. The molecule has 7 heteroatoms. The van der Waals surface area contributed by atoms with Crippen molar-refractivity contribution < 1.29 is 4.42 Å². The molecule has 0 saturated heterocycles. The second kappa shape index (κ2) is 5.14. The van der Waals surface area contributed by atoms with Gasteiger partial charge in [0.05, 0.1) is 16.4 Å². The van der Waals surface area contributed by atoms with Gasteiger partial charge in [0.2, 0.25) is 5.96 Å². The average molecular weight is 285 g/mol. The third-order valence-electron chi connectivity index (χ3n) is 2.49. The molecule has 0 bridgehead atoms. The van der Waals surface area contributed by atoms with E-state index >= 15 is 0 Å². The molecule has 0 aliphatic heterocycles. The van der Waals surface area contributed by atoms with Crippen molar-refractivity contribution >= 4 is 33.7 Å². The van der Waals surface area contributed by atoms with Crippen molar-refractivity contribution in [3.8, 4) is 10.8 Å². The number of furan rings is 1. The summed E-state index contributed by atoms with van der Waals surface area (Å²) >= 11 is 1.58.